The van der Waals surface area contributed by atoms with E-state index < -0.39 is 0 Å². The smallest absolute Gasteiger partial charge is 0.191 e. The van der Waals surface area contributed by atoms with Crippen molar-refractivity contribution in [2.45, 2.75) is 0 Å². The lowest BCUT2D eigenvalue weighted by Crippen LogP contribution is -1.95. The molecule has 8 heavy (non-hydrogen) atoms. The van der Waals surface area contributed by atoms with E-state index in [1.54, 1.807) is 0 Å². The van der Waals surface area contributed by atoms with E-state index >= 15 is 0 Å². The summed E-state index contributed by atoms with van der Waals surface area (Å²) in [7, 11) is 0. The molecule has 0 spiro atoms. The minimum absolute atomic E-state index is 0.773. The summed E-state index contributed by atoms with van der Waals surface area (Å²) in [6.07, 6.45) is 0. The van der Waals surface area contributed by atoms with Crippen LogP contribution in [0.5, 0.6) is 0 Å². The molecule has 0 atom stereocenters. The number of nitrogens with one attached hydrogen (secondary N) is 2. The molecule has 2 N–H and O–H groups in total. The van der Waals surface area contributed by atoms with Crippen LogP contribution in [0.25, 0.3) is 0 Å². The molecule has 1 aliphatic rings. The lowest BCUT2D eigenvalue weighted by molar-refractivity contribution is 0.281. The van der Waals surface area contributed by atoms with Gasteiger partial charge in [0, 0.05) is 5.38 Å². The van der Waals surface area contributed by atoms with Crippen LogP contribution in [0.4, 0.5) is 11.5 Å². The molecular formula is C3H3N3OS. The molecule has 0 amide bonds. The molecule has 1 aliphatic heterocycles. The number of nitrogens with zero attached hydrogens (tertiary/aromatic N) is 1. The van der Waals surface area contributed by atoms with Gasteiger partial charge in [-0.2, -0.15) is 9.31 Å². The van der Waals surface area contributed by atoms with Gasteiger partial charge < -0.3 is 0 Å². The van der Waals surface area contributed by atoms with E-state index in [1.807, 2.05) is 5.38 Å². The van der Waals surface area contributed by atoms with E-state index in [2.05, 4.69) is 20.3 Å². The van der Waals surface area contributed by atoms with Crippen molar-refractivity contribution in [3.8, 4) is 0 Å². The zero-order chi connectivity index (χ0) is 5.40. The van der Waals surface area contributed by atoms with Crippen molar-refractivity contribution >= 4 is 23.0 Å². The maximum atomic E-state index is 4.60. The van der Waals surface area contributed by atoms with Gasteiger partial charge >= 0.3 is 0 Å². The van der Waals surface area contributed by atoms with Crippen LogP contribution in [0.3, 0.4) is 0 Å². The highest BCUT2D eigenvalue weighted by Crippen LogP contribution is 2.26. The minimum atomic E-state index is 0.773. The topological polar surface area (TPSA) is 46.2 Å². The van der Waals surface area contributed by atoms with Gasteiger partial charge in [0.2, 0.25) is 0 Å². The Morgan fingerprint density at radius 3 is 3.50 bits per heavy atom. The van der Waals surface area contributed by atoms with Crippen LogP contribution in [-0.2, 0) is 4.94 Å². The summed E-state index contributed by atoms with van der Waals surface area (Å²) in [5.74, 6) is 0.773. The third kappa shape index (κ3) is 0.395. The van der Waals surface area contributed by atoms with Crippen molar-refractivity contribution in [3.05, 3.63) is 5.38 Å². The largest absolute Gasteiger partial charge is 0.237 e. The second-order valence-corrected chi connectivity index (χ2v) is 2.01. The maximum absolute atomic E-state index is 4.60. The van der Waals surface area contributed by atoms with Gasteiger partial charge in [0.15, 0.2) is 5.82 Å². The van der Waals surface area contributed by atoms with Crippen molar-refractivity contribution in [2.75, 3.05) is 11.0 Å². The van der Waals surface area contributed by atoms with Crippen molar-refractivity contribution < 1.29 is 4.94 Å². The third-order valence-corrected chi connectivity index (χ3v) is 1.51. The summed E-state index contributed by atoms with van der Waals surface area (Å²) in [5, 5.41) is 1.87. The SMILES string of the molecule is c1snc2c1NON2. The second-order valence-electron chi connectivity index (χ2n) is 1.38. The fourth-order valence-electron chi connectivity index (χ4n) is 0.512. The van der Waals surface area contributed by atoms with Gasteiger partial charge in [-0.15, -0.1) is 0 Å². The van der Waals surface area contributed by atoms with Gasteiger partial charge in [-0.25, -0.2) is 11.0 Å². The molecule has 0 saturated heterocycles. The van der Waals surface area contributed by atoms with Crippen LogP contribution in [-0.4, -0.2) is 4.37 Å². The van der Waals surface area contributed by atoms with Gasteiger partial charge in [-0.3, -0.25) is 0 Å². The predicted octanol–water partition coefficient (Wildman–Crippen LogP) is 0.827. The Balaban J connectivity index is 2.54. The van der Waals surface area contributed by atoms with Crippen LogP contribution < -0.4 is 11.0 Å². The zero-order valence-corrected chi connectivity index (χ0v) is 4.66. The number of hydrogen-bond donors (Lipinski definition) is 2. The molecule has 2 rings (SSSR count). The molecule has 5 heteroatoms. The van der Waals surface area contributed by atoms with Gasteiger partial charge in [-0.1, -0.05) is 0 Å². The molecule has 0 aliphatic carbocycles. The Bertz CT molecular complexity index is 180. The highest BCUT2D eigenvalue weighted by Gasteiger charge is 2.10. The second kappa shape index (κ2) is 1.33. The molecular weight excluding hydrogens is 126 g/mol. The molecule has 4 nitrogen and oxygen atoms in total. The number of anilines is 2. The number of hydrogen-bond acceptors (Lipinski definition) is 5. The molecule has 0 radical (unpaired) electrons. The van der Waals surface area contributed by atoms with E-state index in [0.717, 1.165) is 11.5 Å². The average Bonchev–Trinajstić information content (AvgIpc) is 2.15. The molecule has 42 valence electrons. The fraction of sp³-hybridized carbons (Fsp3) is 0. The van der Waals surface area contributed by atoms with Crippen molar-refractivity contribution in [2.24, 2.45) is 0 Å². The summed E-state index contributed by atoms with van der Waals surface area (Å²) in [5.41, 5.74) is 6.10. The Hall–Kier alpha value is -0.810. The Morgan fingerprint density at radius 1 is 1.62 bits per heavy atom. The van der Waals surface area contributed by atoms with Crippen molar-refractivity contribution in [3.63, 3.8) is 0 Å². The van der Waals surface area contributed by atoms with E-state index in [-0.39, 0.29) is 0 Å². The Morgan fingerprint density at radius 2 is 2.62 bits per heavy atom. The number of rotatable bonds is 0. The monoisotopic (exact) mass is 129 g/mol. The summed E-state index contributed by atoms with van der Waals surface area (Å²) in [6.45, 7) is 0. The summed E-state index contributed by atoms with van der Waals surface area (Å²) >= 11 is 1.39. The van der Waals surface area contributed by atoms with Crippen LogP contribution >= 0.6 is 11.5 Å². The maximum Gasteiger partial charge on any atom is 0.191 e. The molecule has 1 aromatic heterocycles. The van der Waals surface area contributed by atoms with Crippen LogP contribution in [0, 0.1) is 0 Å². The molecule has 1 aromatic rings. The van der Waals surface area contributed by atoms with Gasteiger partial charge in [0.05, 0.1) is 0 Å². The Kier molecular flexibility index (Phi) is 0.684. The van der Waals surface area contributed by atoms with E-state index in [9.17, 15) is 0 Å². The van der Waals surface area contributed by atoms with Crippen LogP contribution in [0.2, 0.25) is 0 Å². The molecule has 0 aromatic carbocycles. The molecule has 0 fully saturated rings. The van der Waals surface area contributed by atoms with E-state index in [0.29, 0.717) is 0 Å². The quantitative estimate of drug-likeness (QED) is 0.544. The van der Waals surface area contributed by atoms with Crippen molar-refractivity contribution in [1.82, 2.24) is 4.37 Å². The first kappa shape index (κ1) is 4.11. The number of aromatic nitrogens is 1. The van der Waals surface area contributed by atoms with Crippen molar-refractivity contribution in [1.29, 1.82) is 0 Å². The first-order valence-corrected chi connectivity index (χ1v) is 2.93. The minimum Gasteiger partial charge on any atom is -0.237 e. The van der Waals surface area contributed by atoms with Gasteiger partial charge in [0.1, 0.15) is 5.69 Å². The van der Waals surface area contributed by atoms with Gasteiger partial charge in [0.25, 0.3) is 0 Å². The zero-order valence-electron chi connectivity index (χ0n) is 3.84. The molecule has 0 bridgehead atoms. The molecule has 2 heterocycles. The highest BCUT2D eigenvalue weighted by molar-refractivity contribution is 7.04. The Labute approximate surface area is 49.5 Å². The average molecular weight is 129 g/mol. The first-order chi connectivity index (χ1) is 3.97. The third-order valence-electron chi connectivity index (χ3n) is 0.878. The lowest BCUT2D eigenvalue weighted by Gasteiger charge is -1.86. The summed E-state index contributed by atoms with van der Waals surface area (Å²) < 4.78 is 3.94. The predicted molar refractivity (Wildman–Crippen MR) is 30.4 cm³/mol. The molecule has 0 unspecified atom stereocenters. The normalized spacial score (nSPS) is 14.5. The van der Waals surface area contributed by atoms with E-state index in [1.165, 1.54) is 11.5 Å². The fourth-order valence-corrected chi connectivity index (χ4v) is 1.07. The highest BCUT2D eigenvalue weighted by atomic mass is 32.1. The summed E-state index contributed by atoms with van der Waals surface area (Å²) in [4.78, 5) is 4.60. The first-order valence-electron chi connectivity index (χ1n) is 2.09. The van der Waals surface area contributed by atoms with Crippen LogP contribution in [0.15, 0.2) is 5.38 Å². The van der Waals surface area contributed by atoms with Gasteiger partial charge in [-0.05, 0) is 11.5 Å². The van der Waals surface area contributed by atoms with Crippen LogP contribution in [0.1, 0.15) is 0 Å². The van der Waals surface area contributed by atoms with E-state index in [4.69, 9.17) is 0 Å². The number of fused-ring (bicyclic) bond motifs is 1. The summed E-state index contributed by atoms with van der Waals surface area (Å²) in [6, 6.07) is 0. The lowest BCUT2D eigenvalue weighted by atomic mass is 10.6. The standard InChI is InChI=1S/C3H3N3OS/c1-2-3(6-8-1)5-7-4-2/h1,4H,(H,5,6). The molecule has 0 saturated carbocycles.